The molecule has 3 aromatic rings. The second-order valence-corrected chi connectivity index (χ2v) is 5.62. The molecule has 0 bridgehead atoms. The van der Waals surface area contributed by atoms with E-state index in [2.05, 4.69) is 5.32 Å². The van der Waals surface area contributed by atoms with Gasteiger partial charge in [0.2, 0.25) is 0 Å². The molecule has 3 nitrogen and oxygen atoms in total. The highest BCUT2D eigenvalue weighted by Crippen LogP contribution is 2.19. The average molecular weight is 317 g/mol. The number of phenolic OH excluding ortho intramolecular Hbond substituents is 1. The number of phenols is 1. The first-order chi connectivity index (χ1) is 11.7. The quantitative estimate of drug-likeness (QED) is 0.746. The van der Waals surface area contributed by atoms with E-state index >= 15 is 0 Å². The molecule has 1 amide bonds. The van der Waals surface area contributed by atoms with Crippen LogP contribution in [-0.2, 0) is 6.42 Å². The fraction of sp³-hybridized carbons (Fsp3) is 0.0952. The summed E-state index contributed by atoms with van der Waals surface area (Å²) in [5.74, 6) is 0.176. The van der Waals surface area contributed by atoms with Crippen LogP contribution in [0.1, 0.15) is 15.9 Å². The molecular weight excluding hydrogens is 298 g/mol. The minimum absolute atomic E-state index is 0.0756. The van der Waals surface area contributed by atoms with Crippen LogP contribution in [0.5, 0.6) is 5.75 Å². The monoisotopic (exact) mass is 317 g/mol. The van der Waals surface area contributed by atoms with Crippen LogP contribution in [-0.4, -0.2) is 17.6 Å². The fourth-order valence-corrected chi connectivity index (χ4v) is 2.53. The van der Waals surface area contributed by atoms with Gasteiger partial charge in [0.1, 0.15) is 5.75 Å². The summed E-state index contributed by atoms with van der Waals surface area (Å²) in [5, 5.41) is 12.2. The van der Waals surface area contributed by atoms with Gasteiger partial charge in [-0.2, -0.15) is 0 Å². The summed E-state index contributed by atoms with van der Waals surface area (Å²) in [6, 6.07) is 24.7. The van der Waals surface area contributed by atoms with Crippen molar-refractivity contribution in [3.63, 3.8) is 0 Å². The van der Waals surface area contributed by atoms with E-state index in [4.69, 9.17) is 0 Å². The average Bonchev–Trinajstić information content (AvgIpc) is 2.64. The molecule has 0 aliphatic heterocycles. The number of carbonyl (C=O) groups is 1. The zero-order chi connectivity index (χ0) is 16.8. The number of hydrogen-bond acceptors (Lipinski definition) is 2. The van der Waals surface area contributed by atoms with Crippen molar-refractivity contribution in [2.75, 3.05) is 6.54 Å². The molecule has 0 aliphatic carbocycles. The lowest BCUT2D eigenvalue weighted by Gasteiger charge is -2.07. The number of aromatic hydroxyl groups is 1. The SMILES string of the molecule is O=C(NCCc1ccc(O)cc1)c1ccc(-c2ccccc2)cc1. The molecule has 0 fully saturated rings. The number of rotatable bonds is 5. The van der Waals surface area contributed by atoms with Crippen LogP contribution >= 0.6 is 0 Å². The van der Waals surface area contributed by atoms with Crippen molar-refractivity contribution in [1.82, 2.24) is 5.32 Å². The van der Waals surface area contributed by atoms with Crippen molar-refractivity contribution in [2.45, 2.75) is 6.42 Å². The Morgan fingerprint density at radius 2 is 1.42 bits per heavy atom. The highest BCUT2D eigenvalue weighted by Gasteiger charge is 2.05. The van der Waals surface area contributed by atoms with Crippen molar-refractivity contribution < 1.29 is 9.90 Å². The van der Waals surface area contributed by atoms with Gasteiger partial charge >= 0.3 is 0 Å². The van der Waals surface area contributed by atoms with Crippen LogP contribution < -0.4 is 5.32 Å². The van der Waals surface area contributed by atoms with Crippen molar-refractivity contribution in [1.29, 1.82) is 0 Å². The maximum atomic E-state index is 12.2. The molecular formula is C21H19NO2. The number of nitrogens with one attached hydrogen (secondary N) is 1. The van der Waals surface area contributed by atoms with Gasteiger partial charge < -0.3 is 10.4 Å². The van der Waals surface area contributed by atoms with Gasteiger partial charge in [0.25, 0.3) is 5.91 Å². The highest BCUT2D eigenvalue weighted by atomic mass is 16.3. The van der Waals surface area contributed by atoms with E-state index in [1.165, 1.54) is 0 Å². The van der Waals surface area contributed by atoms with Crippen LogP contribution in [0.25, 0.3) is 11.1 Å². The molecule has 3 rings (SSSR count). The van der Waals surface area contributed by atoms with E-state index in [1.807, 2.05) is 66.7 Å². The highest BCUT2D eigenvalue weighted by molar-refractivity contribution is 5.94. The summed E-state index contributed by atoms with van der Waals surface area (Å²) in [5.41, 5.74) is 3.96. The predicted molar refractivity (Wildman–Crippen MR) is 96.0 cm³/mol. The maximum Gasteiger partial charge on any atom is 0.251 e. The van der Waals surface area contributed by atoms with Crippen molar-refractivity contribution >= 4 is 5.91 Å². The summed E-state index contributed by atoms with van der Waals surface area (Å²) in [6.45, 7) is 0.560. The van der Waals surface area contributed by atoms with Gasteiger partial charge in [0.15, 0.2) is 0 Å². The first-order valence-electron chi connectivity index (χ1n) is 7.94. The molecule has 2 N–H and O–H groups in total. The topological polar surface area (TPSA) is 49.3 Å². The molecule has 0 saturated carbocycles. The second kappa shape index (κ2) is 7.47. The smallest absolute Gasteiger partial charge is 0.251 e. The van der Waals surface area contributed by atoms with Crippen LogP contribution in [0, 0.1) is 0 Å². The van der Waals surface area contributed by atoms with Crippen LogP contribution in [0.15, 0.2) is 78.9 Å². The molecule has 0 heterocycles. The molecule has 0 saturated heterocycles. The Kier molecular flexibility index (Phi) is 4.92. The Balaban J connectivity index is 1.56. The molecule has 3 aromatic carbocycles. The zero-order valence-corrected chi connectivity index (χ0v) is 13.3. The lowest BCUT2D eigenvalue weighted by Crippen LogP contribution is -2.25. The van der Waals surface area contributed by atoms with Gasteiger partial charge in [-0.25, -0.2) is 0 Å². The van der Waals surface area contributed by atoms with Crippen LogP contribution in [0.4, 0.5) is 0 Å². The lowest BCUT2D eigenvalue weighted by molar-refractivity contribution is 0.0954. The lowest BCUT2D eigenvalue weighted by atomic mass is 10.0. The molecule has 120 valence electrons. The number of hydrogen-bond donors (Lipinski definition) is 2. The van der Waals surface area contributed by atoms with Gasteiger partial charge in [-0.1, -0.05) is 54.6 Å². The largest absolute Gasteiger partial charge is 0.508 e. The standard InChI is InChI=1S/C21H19NO2/c23-20-12-6-16(7-13-20)14-15-22-21(24)19-10-8-18(9-11-19)17-4-2-1-3-5-17/h1-13,23H,14-15H2,(H,22,24). The molecule has 0 radical (unpaired) electrons. The summed E-state index contributed by atoms with van der Waals surface area (Å²) < 4.78 is 0. The summed E-state index contributed by atoms with van der Waals surface area (Å²) in [7, 11) is 0. The zero-order valence-electron chi connectivity index (χ0n) is 13.3. The second-order valence-electron chi connectivity index (χ2n) is 5.62. The van der Waals surface area contributed by atoms with Gasteiger partial charge in [-0.3, -0.25) is 4.79 Å². The van der Waals surface area contributed by atoms with Gasteiger partial charge in [-0.15, -0.1) is 0 Å². The first kappa shape index (κ1) is 15.8. The van der Waals surface area contributed by atoms with E-state index in [0.717, 1.165) is 23.1 Å². The fourth-order valence-electron chi connectivity index (χ4n) is 2.53. The predicted octanol–water partition coefficient (Wildman–Crippen LogP) is 4.03. The maximum absolute atomic E-state index is 12.2. The molecule has 24 heavy (non-hydrogen) atoms. The third-order valence-electron chi connectivity index (χ3n) is 3.89. The van der Waals surface area contributed by atoms with Crippen molar-refractivity contribution in [3.8, 4) is 16.9 Å². The van der Waals surface area contributed by atoms with E-state index < -0.39 is 0 Å². The number of benzene rings is 3. The van der Waals surface area contributed by atoms with E-state index in [0.29, 0.717) is 12.1 Å². The van der Waals surface area contributed by atoms with E-state index in [9.17, 15) is 9.90 Å². The van der Waals surface area contributed by atoms with Gasteiger partial charge in [-0.05, 0) is 47.4 Å². The summed E-state index contributed by atoms with van der Waals surface area (Å²) in [4.78, 5) is 12.2. The normalized spacial score (nSPS) is 10.3. The third-order valence-corrected chi connectivity index (χ3v) is 3.89. The minimum Gasteiger partial charge on any atom is -0.508 e. The van der Waals surface area contributed by atoms with Crippen LogP contribution in [0.3, 0.4) is 0 Å². The molecule has 0 aromatic heterocycles. The Bertz CT molecular complexity index is 794. The van der Waals surface area contributed by atoms with Crippen LogP contribution in [0.2, 0.25) is 0 Å². The van der Waals surface area contributed by atoms with Crippen molar-refractivity contribution in [2.24, 2.45) is 0 Å². The van der Waals surface area contributed by atoms with E-state index in [1.54, 1.807) is 12.1 Å². The molecule has 3 heteroatoms. The number of carbonyl (C=O) groups excluding carboxylic acids is 1. The number of amides is 1. The first-order valence-corrected chi connectivity index (χ1v) is 7.94. The van der Waals surface area contributed by atoms with Gasteiger partial charge in [0.05, 0.1) is 0 Å². The van der Waals surface area contributed by atoms with E-state index in [-0.39, 0.29) is 11.7 Å². The van der Waals surface area contributed by atoms with Crippen molar-refractivity contribution in [3.05, 3.63) is 90.0 Å². The summed E-state index contributed by atoms with van der Waals surface area (Å²) in [6.07, 6.45) is 0.730. The Hall–Kier alpha value is -3.07. The minimum atomic E-state index is -0.0756. The summed E-state index contributed by atoms with van der Waals surface area (Å²) >= 11 is 0. The Labute approximate surface area is 141 Å². The Morgan fingerprint density at radius 3 is 2.08 bits per heavy atom. The Morgan fingerprint density at radius 1 is 0.792 bits per heavy atom. The molecule has 0 aliphatic rings. The molecule has 0 spiro atoms. The molecule has 0 atom stereocenters. The van der Waals surface area contributed by atoms with Gasteiger partial charge in [0, 0.05) is 12.1 Å². The molecule has 0 unspecified atom stereocenters. The third kappa shape index (κ3) is 4.02.